The van der Waals surface area contributed by atoms with Crippen LogP contribution in [0.25, 0.3) is 0 Å². The SMILES string of the molecule is CCCN1CCC(NC(=O)c2ccc3c(c2)NC(=O)CO3)CC1. The molecule has 0 spiro atoms. The Bertz CT molecular complexity index is 595. The number of anilines is 1. The van der Waals surface area contributed by atoms with Gasteiger partial charge in [-0.2, -0.15) is 0 Å². The zero-order chi connectivity index (χ0) is 16.2. The fourth-order valence-corrected chi connectivity index (χ4v) is 3.11. The van der Waals surface area contributed by atoms with E-state index in [9.17, 15) is 9.59 Å². The van der Waals surface area contributed by atoms with Gasteiger partial charge in [0.25, 0.3) is 11.8 Å². The lowest BCUT2D eigenvalue weighted by atomic mass is 10.0. The molecule has 0 radical (unpaired) electrons. The predicted molar refractivity (Wildman–Crippen MR) is 87.8 cm³/mol. The topological polar surface area (TPSA) is 70.7 Å². The minimum absolute atomic E-state index is 0.0227. The summed E-state index contributed by atoms with van der Waals surface area (Å²) >= 11 is 0. The second-order valence-electron chi connectivity index (χ2n) is 6.14. The van der Waals surface area contributed by atoms with Crippen molar-refractivity contribution in [3.8, 4) is 5.75 Å². The van der Waals surface area contributed by atoms with Crippen molar-refractivity contribution in [2.24, 2.45) is 0 Å². The molecule has 2 amide bonds. The van der Waals surface area contributed by atoms with Crippen LogP contribution in [0.15, 0.2) is 18.2 Å². The summed E-state index contributed by atoms with van der Waals surface area (Å²) in [5.41, 5.74) is 1.11. The Balaban J connectivity index is 1.59. The second kappa shape index (κ2) is 7.00. The van der Waals surface area contributed by atoms with Gasteiger partial charge in [0.2, 0.25) is 0 Å². The van der Waals surface area contributed by atoms with Crippen molar-refractivity contribution >= 4 is 17.5 Å². The van der Waals surface area contributed by atoms with E-state index in [0.29, 0.717) is 17.0 Å². The first-order valence-corrected chi connectivity index (χ1v) is 8.25. The maximum Gasteiger partial charge on any atom is 0.262 e. The molecule has 23 heavy (non-hydrogen) atoms. The van der Waals surface area contributed by atoms with Crippen LogP contribution >= 0.6 is 0 Å². The van der Waals surface area contributed by atoms with Gasteiger partial charge in [0.1, 0.15) is 5.75 Å². The third-order valence-electron chi connectivity index (χ3n) is 4.34. The Morgan fingerprint density at radius 3 is 2.91 bits per heavy atom. The van der Waals surface area contributed by atoms with Crippen molar-refractivity contribution in [2.45, 2.75) is 32.2 Å². The molecule has 0 aliphatic carbocycles. The van der Waals surface area contributed by atoms with Crippen LogP contribution in [0.3, 0.4) is 0 Å². The molecule has 0 atom stereocenters. The fourth-order valence-electron chi connectivity index (χ4n) is 3.11. The highest BCUT2D eigenvalue weighted by Crippen LogP contribution is 2.28. The molecule has 0 unspecified atom stereocenters. The van der Waals surface area contributed by atoms with Crippen LogP contribution in [0.1, 0.15) is 36.5 Å². The Hall–Kier alpha value is -2.08. The molecule has 6 heteroatoms. The third-order valence-corrected chi connectivity index (χ3v) is 4.34. The fraction of sp³-hybridized carbons (Fsp3) is 0.529. The molecule has 2 aliphatic rings. The Morgan fingerprint density at radius 2 is 2.17 bits per heavy atom. The van der Waals surface area contributed by atoms with Gasteiger partial charge in [0.05, 0.1) is 5.69 Å². The average Bonchev–Trinajstić information content (AvgIpc) is 2.56. The predicted octanol–water partition coefficient (Wildman–Crippen LogP) is 1.62. The normalized spacial score (nSPS) is 18.7. The van der Waals surface area contributed by atoms with E-state index in [1.807, 2.05) is 0 Å². The molecule has 1 saturated heterocycles. The highest BCUT2D eigenvalue weighted by Gasteiger charge is 2.22. The summed E-state index contributed by atoms with van der Waals surface area (Å²) in [5.74, 6) is 0.314. The summed E-state index contributed by atoms with van der Waals surface area (Å²) in [6, 6.07) is 5.36. The lowest BCUT2D eigenvalue weighted by molar-refractivity contribution is -0.118. The van der Waals surface area contributed by atoms with E-state index in [-0.39, 0.29) is 24.5 Å². The molecule has 2 heterocycles. The van der Waals surface area contributed by atoms with Gasteiger partial charge < -0.3 is 20.3 Å². The summed E-state index contributed by atoms with van der Waals surface area (Å²) in [5, 5.41) is 5.82. The van der Waals surface area contributed by atoms with E-state index in [1.165, 1.54) is 6.42 Å². The summed E-state index contributed by atoms with van der Waals surface area (Å²) in [7, 11) is 0. The molecule has 0 bridgehead atoms. The second-order valence-corrected chi connectivity index (χ2v) is 6.14. The van der Waals surface area contributed by atoms with E-state index >= 15 is 0 Å². The number of hydrogen-bond acceptors (Lipinski definition) is 4. The summed E-state index contributed by atoms with van der Waals surface area (Å²) in [4.78, 5) is 26.2. The number of likely N-dealkylation sites (tertiary alicyclic amines) is 1. The van der Waals surface area contributed by atoms with Gasteiger partial charge in [-0.05, 0) is 44.0 Å². The molecule has 1 fully saturated rings. The van der Waals surface area contributed by atoms with Crippen LogP contribution in [0.5, 0.6) is 5.75 Å². The molecule has 6 nitrogen and oxygen atoms in total. The van der Waals surface area contributed by atoms with E-state index < -0.39 is 0 Å². The van der Waals surface area contributed by atoms with Gasteiger partial charge in [-0.3, -0.25) is 9.59 Å². The van der Waals surface area contributed by atoms with Crippen LogP contribution in [0.2, 0.25) is 0 Å². The Labute approximate surface area is 136 Å². The maximum absolute atomic E-state index is 12.4. The van der Waals surface area contributed by atoms with Gasteiger partial charge in [-0.1, -0.05) is 6.92 Å². The highest BCUT2D eigenvalue weighted by molar-refractivity contribution is 5.99. The molecular weight excluding hydrogens is 294 g/mol. The van der Waals surface area contributed by atoms with Crippen LogP contribution < -0.4 is 15.4 Å². The molecule has 0 saturated carbocycles. The molecule has 3 rings (SSSR count). The van der Waals surface area contributed by atoms with Crippen LogP contribution in [0.4, 0.5) is 5.69 Å². The summed E-state index contributed by atoms with van der Waals surface area (Å²) < 4.78 is 5.31. The van der Waals surface area contributed by atoms with Crippen LogP contribution in [-0.4, -0.2) is 49.0 Å². The minimum Gasteiger partial charge on any atom is -0.482 e. The van der Waals surface area contributed by atoms with E-state index in [2.05, 4.69) is 22.5 Å². The number of rotatable bonds is 4. The van der Waals surface area contributed by atoms with Crippen molar-refractivity contribution in [3.05, 3.63) is 23.8 Å². The van der Waals surface area contributed by atoms with Crippen molar-refractivity contribution in [1.29, 1.82) is 0 Å². The Morgan fingerprint density at radius 1 is 1.39 bits per heavy atom. The lowest BCUT2D eigenvalue weighted by Gasteiger charge is -2.32. The third kappa shape index (κ3) is 3.82. The maximum atomic E-state index is 12.4. The number of benzene rings is 1. The monoisotopic (exact) mass is 317 g/mol. The van der Waals surface area contributed by atoms with E-state index in [0.717, 1.165) is 32.5 Å². The number of carbonyl (C=O) groups is 2. The molecule has 1 aromatic rings. The number of carbonyl (C=O) groups excluding carboxylic acids is 2. The van der Waals surface area contributed by atoms with Crippen molar-refractivity contribution in [2.75, 3.05) is 31.6 Å². The first-order valence-electron chi connectivity index (χ1n) is 8.25. The first kappa shape index (κ1) is 15.8. The molecule has 0 aromatic heterocycles. The quantitative estimate of drug-likeness (QED) is 0.885. The van der Waals surface area contributed by atoms with Gasteiger partial charge in [-0.25, -0.2) is 0 Å². The van der Waals surface area contributed by atoms with Gasteiger partial charge in [-0.15, -0.1) is 0 Å². The average molecular weight is 317 g/mol. The number of nitrogens with zero attached hydrogens (tertiary/aromatic N) is 1. The summed E-state index contributed by atoms with van der Waals surface area (Å²) in [6.07, 6.45) is 3.13. The lowest BCUT2D eigenvalue weighted by Crippen LogP contribution is -2.44. The molecule has 2 N–H and O–H groups in total. The number of nitrogens with one attached hydrogen (secondary N) is 2. The smallest absolute Gasteiger partial charge is 0.262 e. The number of piperidine rings is 1. The molecule has 2 aliphatic heterocycles. The molecule has 1 aromatic carbocycles. The number of amides is 2. The summed E-state index contributed by atoms with van der Waals surface area (Å²) in [6.45, 7) is 5.41. The van der Waals surface area contributed by atoms with Gasteiger partial charge in [0, 0.05) is 24.7 Å². The Kier molecular flexibility index (Phi) is 4.81. The van der Waals surface area contributed by atoms with Crippen LogP contribution in [0, 0.1) is 0 Å². The van der Waals surface area contributed by atoms with E-state index in [1.54, 1.807) is 18.2 Å². The number of ether oxygens (including phenoxy) is 1. The molecular formula is C17H23N3O3. The zero-order valence-corrected chi connectivity index (χ0v) is 13.4. The van der Waals surface area contributed by atoms with Crippen molar-refractivity contribution < 1.29 is 14.3 Å². The molecule has 124 valence electrons. The van der Waals surface area contributed by atoms with Crippen molar-refractivity contribution in [3.63, 3.8) is 0 Å². The first-order chi connectivity index (χ1) is 11.2. The zero-order valence-electron chi connectivity index (χ0n) is 13.4. The standard InChI is InChI=1S/C17H23N3O3/c1-2-7-20-8-5-13(6-9-20)18-17(22)12-3-4-15-14(10-12)19-16(21)11-23-15/h3-4,10,13H,2,5-9,11H2,1H3,(H,18,22)(H,19,21). The number of fused-ring (bicyclic) bond motifs is 1. The highest BCUT2D eigenvalue weighted by atomic mass is 16.5. The van der Waals surface area contributed by atoms with Gasteiger partial charge in [0.15, 0.2) is 6.61 Å². The van der Waals surface area contributed by atoms with E-state index in [4.69, 9.17) is 4.74 Å². The minimum atomic E-state index is -0.196. The number of hydrogen-bond donors (Lipinski definition) is 2. The largest absolute Gasteiger partial charge is 0.482 e. The van der Waals surface area contributed by atoms with Crippen LogP contribution in [-0.2, 0) is 4.79 Å². The van der Waals surface area contributed by atoms with Crippen molar-refractivity contribution in [1.82, 2.24) is 10.2 Å². The van der Waals surface area contributed by atoms with Gasteiger partial charge >= 0.3 is 0 Å².